The predicted octanol–water partition coefficient (Wildman–Crippen LogP) is 3.50. The zero-order valence-corrected chi connectivity index (χ0v) is 12.0. The number of nitrogens with two attached hydrogens (primary N) is 1. The van der Waals surface area contributed by atoms with E-state index in [-0.39, 0.29) is 11.5 Å². The van der Waals surface area contributed by atoms with E-state index in [0.29, 0.717) is 5.82 Å². The number of hydrogen-bond acceptors (Lipinski definition) is 3. The summed E-state index contributed by atoms with van der Waals surface area (Å²) in [6, 6.07) is 8.18. The van der Waals surface area contributed by atoms with Gasteiger partial charge in [0.2, 0.25) is 0 Å². The van der Waals surface area contributed by atoms with Crippen molar-refractivity contribution in [3.63, 3.8) is 0 Å². The molecule has 19 heavy (non-hydrogen) atoms. The number of aromatic nitrogens is 2. The molecule has 2 aromatic rings. The number of benzene rings is 1. The van der Waals surface area contributed by atoms with Gasteiger partial charge < -0.3 is 5.73 Å². The van der Waals surface area contributed by atoms with Crippen LogP contribution in [0.4, 0.5) is 0 Å². The largest absolute Gasteiger partial charge is 0.321 e. The van der Waals surface area contributed by atoms with Gasteiger partial charge in [0.15, 0.2) is 0 Å². The van der Waals surface area contributed by atoms with Crippen LogP contribution < -0.4 is 5.73 Å². The standard InChI is InChI=1S/C16H21N3/c1-11-5-7-12(8-6-11)13-9-18-15(19-10-13)14(17)16(2,3)4/h5-10,14H,17H2,1-4H3. The van der Waals surface area contributed by atoms with Gasteiger partial charge in [-0.15, -0.1) is 0 Å². The Morgan fingerprint density at radius 2 is 1.47 bits per heavy atom. The van der Waals surface area contributed by atoms with Crippen molar-refractivity contribution in [2.75, 3.05) is 0 Å². The van der Waals surface area contributed by atoms with Crippen molar-refractivity contribution in [3.05, 3.63) is 48.0 Å². The van der Waals surface area contributed by atoms with E-state index < -0.39 is 0 Å². The Balaban J connectivity index is 2.26. The van der Waals surface area contributed by atoms with Crippen molar-refractivity contribution in [1.82, 2.24) is 9.97 Å². The molecule has 3 heteroatoms. The van der Waals surface area contributed by atoms with Gasteiger partial charge in [0.05, 0.1) is 6.04 Å². The van der Waals surface area contributed by atoms with E-state index in [0.717, 1.165) is 11.1 Å². The first kappa shape index (κ1) is 13.7. The number of rotatable bonds is 2. The highest BCUT2D eigenvalue weighted by Gasteiger charge is 2.24. The molecule has 0 radical (unpaired) electrons. The number of aryl methyl sites for hydroxylation is 1. The lowest BCUT2D eigenvalue weighted by Gasteiger charge is -2.25. The average molecular weight is 255 g/mol. The van der Waals surface area contributed by atoms with Gasteiger partial charge in [-0.1, -0.05) is 50.6 Å². The van der Waals surface area contributed by atoms with Gasteiger partial charge in [0, 0.05) is 18.0 Å². The van der Waals surface area contributed by atoms with E-state index in [1.54, 1.807) is 0 Å². The third-order valence-corrected chi connectivity index (χ3v) is 3.27. The predicted molar refractivity (Wildman–Crippen MR) is 78.6 cm³/mol. The van der Waals surface area contributed by atoms with Crippen LogP contribution in [0.15, 0.2) is 36.7 Å². The summed E-state index contributed by atoms with van der Waals surface area (Å²) in [5, 5.41) is 0. The van der Waals surface area contributed by atoms with Crippen LogP contribution in [0.5, 0.6) is 0 Å². The highest BCUT2D eigenvalue weighted by atomic mass is 14.9. The molecule has 1 atom stereocenters. The molecule has 0 spiro atoms. The fourth-order valence-corrected chi connectivity index (χ4v) is 1.78. The summed E-state index contributed by atoms with van der Waals surface area (Å²) in [5.74, 6) is 0.698. The summed E-state index contributed by atoms with van der Waals surface area (Å²) < 4.78 is 0. The van der Waals surface area contributed by atoms with E-state index in [1.165, 1.54) is 5.56 Å². The van der Waals surface area contributed by atoms with Crippen LogP contribution in [0.25, 0.3) is 11.1 Å². The first-order valence-corrected chi connectivity index (χ1v) is 6.52. The van der Waals surface area contributed by atoms with E-state index in [4.69, 9.17) is 5.73 Å². The maximum atomic E-state index is 6.16. The molecule has 1 aromatic carbocycles. The van der Waals surface area contributed by atoms with E-state index in [9.17, 15) is 0 Å². The normalized spacial score (nSPS) is 13.3. The molecule has 0 aliphatic carbocycles. The fraction of sp³-hybridized carbons (Fsp3) is 0.375. The molecule has 0 bridgehead atoms. The summed E-state index contributed by atoms with van der Waals surface area (Å²) in [4.78, 5) is 8.82. The van der Waals surface area contributed by atoms with Crippen LogP contribution in [0, 0.1) is 12.3 Å². The third kappa shape index (κ3) is 3.18. The quantitative estimate of drug-likeness (QED) is 0.893. The summed E-state index contributed by atoms with van der Waals surface area (Å²) in [6.45, 7) is 8.35. The SMILES string of the molecule is Cc1ccc(-c2cnc(C(N)C(C)(C)C)nc2)cc1. The average Bonchev–Trinajstić information content (AvgIpc) is 2.38. The van der Waals surface area contributed by atoms with Crippen LogP contribution in [0.1, 0.15) is 38.2 Å². The molecule has 1 unspecified atom stereocenters. The van der Waals surface area contributed by atoms with Gasteiger partial charge in [-0.25, -0.2) is 9.97 Å². The Hall–Kier alpha value is -1.74. The minimum absolute atomic E-state index is 0.0363. The Morgan fingerprint density at radius 3 is 1.95 bits per heavy atom. The number of hydrogen-bond donors (Lipinski definition) is 1. The molecule has 0 fully saturated rings. The molecular weight excluding hydrogens is 234 g/mol. The maximum absolute atomic E-state index is 6.16. The summed E-state index contributed by atoms with van der Waals surface area (Å²) >= 11 is 0. The van der Waals surface area contributed by atoms with E-state index in [1.807, 2.05) is 12.4 Å². The molecule has 0 saturated heterocycles. The molecule has 1 heterocycles. The van der Waals surface area contributed by atoms with Gasteiger partial charge in [-0.3, -0.25) is 0 Å². The monoisotopic (exact) mass is 255 g/mol. The molecule has 0 amide bonds. The zero-order valence-electron chi connectivity index (χ0n) is 12.0. The second kappa shape index (κ2) is 5.10. The van der Waals surface area contributed by atoms with Crippen LogP contribution in [-0.2, 0) is 0 Å². The smallest absolute Gasteiger partial charge is 0.145 e. The minimum Gasteiger partial charge on any atom is -0.321 e. The van der Waals surface area contributed by atoms with Crippen LogP contribution in [0.3, 0.4) is 0 Å². The summed E-state index contributed by atoms with van der Waals surface area (Å²) in [6.07, 6.45) is 3.69. The molecule has 1 aromatic heterocycles. The highest BCUT2D eigenvalue weighted by molar-refractivity contribution is 5.61. The van der Waals surface area contributed by atoms with Crippen molar-refractivity contribution in [2.24, 2.45) is 11.1 Å². The van der Waals surface area contributed by atoms with Crippen molar-refractivity contribution < 1.29 is 0 Å². The van der Waals surface area contributed by atoms with Crippen molar-refractivity contribution in [2.45, 2.75) is 33.7 Å². The molecule has 3 nitrogen and oxygen atoms in total. The molecule has 2 rings (SSSR count). The van der Waals surface area contributed by atoms with Gasteiger partial charge in [-0.2, -0.15) is 0 Å². The molecule has 0 aliphatic rings. The molecular formula is C16H21N3. The van der Waals surface area contributed by atoms with Gasteiger partial charge in [0.25, 0.3) is 0 Å². The third-order valence-electron chi connectivity index (χ3n) is 3.27. The first-order valence-electron chi connectivity index (χ1n) is 6.52. The fourth-order valence-electron chi connectivity index (χ4n) is 1.78. The summed E-state index contributed by atoms with van der Waals surface area (Å²) in [5.41, 5.74) is 9.51. The lowest BCUT2D eigenvalue weighted by Crippen LogP contribution is -2.28. The lowest BCUT2D eigenvalue weighted by atomic mass is 9.87. The van der Waals surface area contributed by atoms with Crippen molar-refractivity contribution in [1.29, 1.82) is 0 Å². The maximum Gasteiger partial charge on any atom is 0.145 e. The van der Waals surface area contributed by atoms with Gasteiger partial charge >= 0.3 is 0 Å². The lowest BCUT2D eigenvalue weighted by molar-refractivity contribution is 0.315. The Bertz CT molecular complexity index is 536. The molecule has 2 N–H and O–H groups in total. The molecule has 0 aliphatic heterocycles. The Kier molecular flexibility index (Phi) is 3.67. The van der Waals surface area contributed by atoms with Crippen LogP contribution in [0.2, 0.25) is 0 Å². The first-order chi connectivity index (χ1) is 8.88. The van der Waals surface area contributed by atoms with Crippen molar-refractivity contribution >= 4 is 0 Å². The summed E-state index contributed by atoms with van der Waals surface area (Å²) in [7, 11) is 0. The van der Waals surface area contributed by atoms with E-state index in [2.05, 4.69) is 61.9 Å². The van der Waals surface area contributed by atoms with Crippen LogP contribution >= 0.6 is 0 Å². The van der Waals surface area contributed by atoms with Gasteiger partial charge in [-0.05, 0) is 17.9 Å². The van der Waals surface area contributed by atoms with Crippen LogP contribution in [-0.4, -0.2) is 9.97 Å². The zero-order chi connectivity index (χ0) is 14.0. The topological polar surface area (TPSA) is 51.8 Å². The van der Waals surface area contributed by atoms with Crippen molar-refractivity contribution in [3.8, 4) is 11.1 Å². The van der Waals surface area contributed by atoms with E-state index >= 15 is 0 Å². The second-order valence-corrected chi connectivity index (χ2v) is 6.04. The minimum atomic E-state index is -0.153. The second-order valence-electron chi connectivity index (χ2n) is 6.04. The van der Waals surface area contributed by atoms with Gasteiger partial charge in [0.1, 0.15) is 5.82 Å². The number of nitrogens with zero attached hydrogens (tertiary/aromatic N) is 2. The molecule has 100 valence electrons. The molecule has 0 saturated carbocycles. The Labute approximate surface area is 114 Å². The highest BCUT2D eigenvalue weighted by Crippen LogP contribution is 2.28. The Morgan fingerprint density at radius 1 is 0.947 bits per heavy atom.